The molecule has 0 atom stereocenters. The highest BCUT2D eigenvalue weighted by Crippen LogP contribution is 2.21. The summed E-state index contributed by atoms with van der Waals surface area (Å²) in [6.07, 6.45) is 2.73. The van der Waals surface area contributed by atoms with E-state index < -0.39 is 20.0 Å². The molecule has 1 saturated heterocycles. The number of sulfonamides is 2. The van der Waals surface area contributed by atoms with Crippen LogP contribution < -0.4 is 0 Å². The average Bonchev–Trinajstić information content (AvgIpc) is 3.03. The van der Waals surface area contributed by atoms with Crippen molar-refractivity contribution in [3.63, 3.8) is 0 Å². The van der Waals surface area contributed by atoms with Gasteiger partial charge in [0.2, 0.25) is 20.0 Å². The Kier molecular flexibility index (Phi) is 4.71. The van der Waals surface area contributed by atoms with Crippen LogP contribution in [0.4, 0.5) is 0 Å². The van der Waals surface area contributed by atoms with Gasteiger partial charge in [-0.3, -0.25) is 4.68 Å². The van der Waals surface area contributed by atoms with Gasteiger partial charge in [-0.1, -0.05) is 17.7 Å². The second kappa shape index (κ2) is 6.52. The fourth-order valence-corrected chi connectivity index (χ4v) is 5.52. The number of aryl methyl sites for hydroxylation is 2. The Labute approximate surface area is 147 Å². The predicted molar refractivity (Wildman–Crippen MR) is 91.9 cm³/mol. The second-order valence-electron chi connectivity index (χ2n) is 5.97. The van der Waals surface area contributed by atoms with Crippen LogP contribution in [0, 0.1) is 6.92 Å². The number of hydrogen-bond donors (Lipinski definition) is 0. The maximum atomic E-state index is 12.7. The van der Waals surface area contributed by atoms with Crippen LogP contribution in [-0.2, 0) is 27.1 Å². The molecule has 0 saturated carbocycles. The van der Waals surface area contributed by atoms with E-state index in [4.69, 9.17) is 0 Å². The summed E-state index contributed by atoms with van der Waals surface area (Å²) in [6.45, 7) is 2.36. The molecule has 0 radical (unpaired) electrons. The van der Waals surface area contributed by atoms with E-state index in [0.29, 0.717) is 0 Å². The normalized spacial score (nSPS) is 17.7. The monoisotopic (exact) mass is 384 g/mol. The van der Waals surface area contributed by atoms with E-state index in [2.05, 4.69) is 5.10 Å². The topological polar surface area (TPSA) is 92.6 Å². The highest BCUT2D eigenvalue weighted by atomic mass is 32.2. The van der Waals surface area contributed by atoms with Crippen molar-refractivity contribution in [3.05, 3.63) is 42.2 Å². The first kappa shape index (κ1) is 18.1. The lowest BCUT2D eigenvalue weighted by molar-refractivity contribution is 0.273. The molecule has 25 heavy (non-hydrogen) atoms. The zero-order valence-corrected chi connectivity index (χ0v) is 15.7. The van der Waals surface area contributed by atoms with Crippen LogP contribution in [0.3, 0.4) is 0 Å². The van der Waals surface area contributed by atoms with Gasteiger partial charge in [-0.25, -0.2) is 16.8 Å². The summed E-state index contributed by atoms with van der Waals surface area (Å²) in [4.78, 5) is 0.339. The van der Waals surface area contributed by atoms with Crippen LogP contribution >= 0.6 is 0 Å². The molecule has 1 aromatic carbocycles. The van der Waals surface area contributed by atoms with Gasteiger partial charge in [0.05, 0.1) is 11.1 Å². The molecule has 1 aromatic heterocycles. The average molecular weight is 384 g/mol. The van der Waals surface area contributed by atoms with Gasteiger partial charge in [-0.15, -0.1) is 0 Å². The zero-order chi connectivity index (χ0) is 18.2. The first-order valence-electron chi connectivity index (χ1n) is 7.77. The van der Waals surface area contributed by atoms with Crippen molar-refractivity contribution in [2.75, 3.05) is 26.2 Å². The first-order valence-corrected chi connectivity index (χ1v) is 10.6. The minimum Gasteiger partial charge on any atom is -0.274 e. The van der Waals surface area contributed by atoms with E-state index in [1.54, 1.807) is 31.3 Å². The highest BCUT2D eigenvalue weighted by molar-refractivity contribution is 7.89. The molecule has 0 bridgehead atoms. The number of benzene rings is 1. The molecule has 0 N–H and O–H groups in total. The minimum absolute atomic E-state index is 0.113. The Morgan fingerprint density at radius 2 is 1.32 bits per heavy atom. The molecule has 1 aliphatic rings. The summed E-state index contributed by atoms with van der Waals surface area (Å²) in [5.41, 5.74) is 0.978. The van der Waals surface area contributed by atoms with E-state index in [1.165, 1.54) is 25.7 Å². The van der Waals surface area contributed by atoms with Gasteiger partial charge >= 0.3 is 0 Å². The van der Waals surface area contributed by atoms with Crippen molar-refractivity contribution in [1.82, 2.24) is 18.4 Å². The molecular weight excluding hydrogens is 364 g/mol. The number of rotatable bonds is 4. The molecule has 0 unspecified atom stereocenters. The lowest BCUT2D eigenvalue weighted by Crippen LogP contribution is -2.50. The summed E-state index contributed by atoms with van der Waals surface area (Å²) in [5, 5.41) is 3.88. The number of piperazine rings is 1. The van der Waals surface area contributed by atoms with Crippen molar-refractivity contribution in [3.8, 4) is 0 Å². The molecule has 8 nitrogen and oxygen atoms in total. The zero-order valence-electron chi connectivity index (χ0n) is 14.0. The van der Waals surface area contributed by atoms with Crippen LogP contribution in [-0.4, -0.2) is 61.4 Å². The molecule has 1 fully saturated rings. The quantitative estimate of drug-likeness (QED) is 0.762. The molecule has 0 spiro atoms. The third-order valence-electron chi connectivity index (χ3n) is 4.18. The number of hydrogen-bond acceptors (Lipinski definition) is 5. The Bertz CT molecular complexity index is 957. The molecule has 0 aliphatic carbocycles. The smallest absolute Gasteiger partial charge is 0.246 e. The number of aromatic nitrogens is 2. The Morgan fingerprint density at radius 3 is 1.76 bits per heavy atom. The maximum Gasteiger partial charge on any atom is 0.246 e. The molecule has 136 valence electrons. The Morgan fingerprint density at radius 1 is 0.840 bits per heavy atom. The fraction of sp³-hybridized carbons (Fsp3) is 0.400. The van der Waals surface area contributed by atoms with E-state index in [9.17, 15) is 16.8 Å². The van der Waals surface area contributed by atoms with Crippen LogP contribution in [0.15, 0.2) is 46.5 Å². The van der Waals surface area contributed by atoms with Crippen LogP contribution in [0.2, 0.25) is 0 Å². The molecular formula is C15H20N4O4S2. The van der Waals surface area contributed by atoms with Crippen LogP contribution in [0.25, 0.3) is 0 Å². The van der Waals surface area contributed by atoms with Crippen molar-refractivity contribution in [2.45, 2.75) is 16.7 Å². The van der Waals surface area contributed by atoms with E-state index in [1.807, 2.05) is 6.92 Å². The second-order valence-corrected chi connectivity index (χ2v) is 9.85. The van der Waals surface area contributed by atoms with Crippen molar-refractivity contribution in [1.29, 1.82) is 0 Å². The van der Waals surface area contributed by atoms with E-state index in [0.717, 1.165) is 5.56 Å². The van der Waals surface area contributed by atoms with Crippen LogP contribution in [0.5, 0.6) is 0 Å². The van der Waals surface area contributed by atoms with Gasteiger partial charge in [-0.2, -0.15) is 13.7 Å². The molecule has 3 rings (SSSR count). The number of nitrogens with zero attached hydrogens (tertiary/aromatic N) is 4. The van der Waals surface area contributed by atoms with Gasteiger partial charge in [-0.05, 0) is 19.1 Å². The summed E-state index contributed by atoms with van der Waals surface area (Å²) >= 11 is 0. The van der Waals surface area contributed by atoms with Gasteiger partial charge in [0.1, 0.15) is 4.90 Å². The SMILES string of the molecule is Cc1ccc(S(=O)(=O)N2CCN(S(=O)(=O)c3cnn(C)c3)CC2)cc1. The summed E-state index contributed by atoms with van der Waals surface area (Å²) in [7, 11) is -5.62. The van der Waals surface area contributed by atoms with E-state index >= 15 is 0 Å². The third-order valence-corrected chi connectivity index (χ3v) is 7.94. The van der Waals surface area contributed by atoms with Crippen molar-refractivity contribution >= 4 is 20.0 Å². The molecule has 10 heteroatoms. The van der Waals surface area contributed by atoms with Gasteiger partial charge in [0.15, 0.2) is 0 Å². The van der Waals surface area contributed by atoms with Crippen molar-refractivity contribution < 1.29 is 16.8 Å². The lowest BCUT2D eigenvalue weighted by Gasteiger charge is -2.33. The summed E-state index contributed by atoms with van der Waals surface area (Å²) in [5.74, 6) is 0. The van der Waals surface area contributed by atoms with Gasteiger partial charge in [0, 0.05) is 39.4 Å². The van der Waals surface area contributed by atoms with Gasteiger partial charge in [0.25, 0.3) is 0 Å². The molecule has 0 amide bonds. The largest absolute Gasteiger partial charge is 0.274 e. The van der Waals surface area contributed by atoms with Gasteiger partial charge < -0.3 is 0 Å². The van der Waals surface area contributed by atoms with Crippen LogP contribution in [0.1, 0.15) is 5.56 Å². The maximum absolute atomic E-state index is 12.7. The fourth-order valence-electron chi connectivity index (χ4n) is 2.69. The summed E-state index contributed by atoms with van der Waals surface area (Å²) in [6, 6.07) is 6.64. The summed E-state index contributed by atoms with van der Waals surface area (Å²) < 4.78 is 54.5. The standard InChI is InChI=1S/C15H20N4O4S2/c1-13-3-5-14(6-4-13)24(20,21)18-7-9-19(10-8-18)25(22,23)15-11-16-17(2)12-15/h3-6,11-12H,7-10H2,1-2H3. The highest BCUT2D eigenvalue weighted by Gasteiger charge is 2.34. The Balaban J connectivity index is 1.74. The molecule has 2 aromatic rings. The Hall–Kier alpha value is -1.75. The minimum atomic E-state index is -3.65. The van der Waals surface area contributed by atoms with E-state index in [-0.39, 0.29) is 36.0 Å². The lowest BCUT2D eigenvalue weighted by atomic mass is 10.2. The molecule has 1 aliphatic heterocycles. The predicted octanol–water partition coefficient (Wildman–Crippen LogP) is 0.424. The third kappa shape index (κ3) is 3.47. The van der Waals surface area contributed by atoms with Crippen molar-refractivity contribution in [2.24, 2.45) is 7.05 Å². The first-order chi connectivity index (χ1) is 11.7. The molecule has 2 heterocycles.